The number of hydrogen-bond donors (Lipinski definition) is 0. The van der Waals surface area contributed by atoms with Crippen LogP contribution in [-0.4, -0.2) is 52.2 Å². The molecular weight excluding hydrogens is 416 g/mol. The molecular formula is C20H25F2N3O4S. The molecule has 1 aliphatic rings. The summed E-state index contributed by atoms with van der Waals surface area (Å²) in [4.78, 5) is 15.0. The van der Waals surface area contributed by atoms with Crippen LogP contribution in [0.3, 0.4) is 0 Å². The van der Waals surface area contributed by atoms with E-state index in [0.717, 1.165) is 31.1 Å². The highest BCUT2D eigenvalue weighted by atomic mass is 32.2. The van der Waals surface area contributed by atoms with Crippen LogP contribution < -0.4 is 0 Å². The lowest BCUT2D eigenvalue weighted by atomic mass is 9.94. The Labute approximate surface area is 178 Å². The van der Waals surface area contributed by atoms with E-state index in [-0.39, 0.29) is 24.7 Å². The molecule has 30 heavy (non-hydrogen) atoms. The normalized spacial score (nSPS) is 21.1. The van der Waals surface area contributed by atoms with Crippen molar-refractivity contribution in [2.24, 2.45) is 0 Å². The van der Waals surface area contributed by atoms with E-state index >= 15 is 0 Å². The Hall–Kier alpha value is -2.04. The van der Waals surface area contributed by atoms with Crippen LogP contribution in [-0.2, 0) is 31.2 Å². The van der Waals surface area contributed by atoms with Crippen LogP contribution in [0.2, 0.25) is 0 Å². The Morgan fingerprint density at radius 1 is 1.37 bits per heavy atom. The van der Waals surface area contributed by atoms with Gasteiger partial charge in [-0.2, -0.15) is 16.9 Å². The molecule has 1 fully saturated rings. The zero-order valence-corrected chi connectivity index (χ0v) is 17.6. The number of thioether (sulfide) groups is 1. The van der Waals surface area contributed by atoms with Gasteiger partial charge in [0.2, 0.25) is 0 Å². The van der Waals surface area contributed by atoms with Gasteiger partial charge in [0.05, 0.1) is 20.3 Å². The summed E-state index contributed by atoms with van der Waals surface area (Å²) in [5.41, 5.74) is -0.883. The Morgan fingerprint density at radius 3 is 2.97 bits per heavy atom. The second-order valence-corrected chi connectivity index (χ2v) is 8.18. The first kappa shape index (κ1) is 22.6. The van der Waals surface area contributed by atoms with E-state index < -0.39 is 23.5 Å². The highest BCUT2D eigenvalue weighted by Gasteiger charge is 2.45. The smallest absolute Gasteiger partial charge is 0.305 e. The summed E-state index contributed by atoms with van der Waals surface area (Å²) in [5, 5.41) is 4.08. The molecule has 3 rings (SSSR count). The third-order valence-electron chi connectivity index (χ3n) is 4.82. The van der Waals surface area contributed by atoms with Crippen molar-refractivity contribution < 1.29 is 27.8 Å². The van der Waals surface area contributed by atoms with Gasteiger partial charge in [-0.15, -0.1) is 0 Å². The molecule has 7 nitrogen and oxygen atoms in total. The maximum absolute atomic E-state index is 14.6. The molecule has 0 aliphatic carbocycles. The number of hydrogen-bond acceptors (Lipinski definition) is 7. The standard InChI is InChI=1S/C20H25F2N3O4S/c1-27-18(26)5-3-2-4-8-30-10-19-28-12-20(29-19,11-25-14-23-13-24-25)16-7-6-15(21)9-17(16)22/h6-7,9,13-14,19H,2-5,8,10-12H2,1H3/t19-,20+/m0/s1. The summed E-state index contributed by atoms with van der Waals surface area (Å²) < 4.78 is 46.1. The SMILES string of the molecule is COC(=O)CCCCCSC[C@H]1OC[C@](Cn2cncn2)(c2ccc(F)cc2F)O1. The van der Waals surface area contributed by atoms with Crippen LogP contribution in [0.25, 0.3) is 0 Å². The number of benzene rings is 1. The largest absolute Gasteiger partial charge is 0.469 e. The van der Waals surface area contributed by atoms with Crippen LogP contribution in [0, 0.1) is 11.6 Å². The predicted octanol–water partition coefficient (Wildman–Crippen LogP) is 3.29. The number of ether oxygens (including phenoxy) is 3. The molecule has 0 bridgehead atoms. The van der Waals surface area contributed by atoms with E-state index in [1.54, 1.807) is 16.4 Å². The average molecular weight is 442 g/mol. The van der Waals surface area contributed by atoms with Crippen molar-refractivity contribution in [1.82, 2.24) is 14.8 Å². The lowest BCUT2D eigenvalue weighted by Gasteiger charge is -2.28. The highest BCUT2D eigenvalue weighted by molar-refractivity contribution is 7.99. The minimum absolute atomic E-state index is 0.125. The van der Waals surface area contributed by atoms with Gasteiger partial charge in [-0.3, -0.25) is 4.79 Å². The van der Waals surface area contributed by atoms with Crippen molar-refractivity contribution in [2.45, 2.75) is 44.1 Å². The maximum Gasteiger partial charge on any atom is 0.305 e. The number of methoxy groups -OCH3 is 1. The summed E-state index contributed by atoms with van der Waals surface area (Å²) in [6, 6.07) is 3.45. The van der Waals surface area contributed by atoms with Crippen molar-refractivity contribution in [3.8, 4) is 0 Å². The fourth-order valence-corrected chi connectivity index (χ4v) is 4.24. The van der Waals surface area contributed by atoms with Crippen LogP contribution in [0.4, 0.5) is 8.78 Å². The molecule has 1 aromatic carbocycles. The number of unbranched alkanes of at least 4 members (excludes halogenated alkanes) is 2. The minimum atomic E-state index is -1.11. The monoisotopic (exact) mass is 441 g/mol. The quantitative estimate of drug-likeness (QED) is 0.391. The van der Waals surface area contributed by atoms with Crippen LogP contribution in [0.5, 0.6) is 0 Å². The van der Waals surface area contributed by atoms with Gasteiger partial charge in [0.1, 0.15) is 29.9 Å². The van der Waals surface area contributed by atoms with E-state index in [1.807, 2.05) is 0 Å². The first-order valence-electron chi connectivity index (χ1n) is 9.74. The van der Waals surface area contributed by atoms with Crippen LogP contribution in [0.1, 0.15) is 31.2 Å². The Bertz CT molecular complexity index is 824. The molecule has 0 radical (unpaired) electrons. The fraction of sp³-hybridized carbons (Fsp3) is 0.550. The molecule has 1 aliphatic heterocycles. The van der Waals surface area contributed by atoms with Gasteiger partial charge >= 0.3 is 5.97 Å². The molecule has 0 unspecified atom stereocenters. The van der Waals surface area contributed by atoms with Gasteiger partial charge in [0, 0.05) is 23.8 Å². The van der Waals surface area contributed by atoms with Gasteiger partial charge in [-0.25, -0.2) is 18.4 Å². The third kappa shape index (κ3) is 5.99. The van der Waals surface area contributed by atoms with Crippen LogP contribution in [0.15, 0.2) is 30.9 Å². The molecule has 10 heteroatoms. The summed E-state index contributed by atoms with van der Waals surface area (Å²) in [6.07, 6.45) is 5.52. The van der Waals surface area contributed by atoms with E-state index in [2.05, 4.69) is 14.8 Å². The average Bonchev–Trinajstić information content (AvgIpc) is 3.37. The van der Waals surface area contributed by atoms with Crippen molar-refractivity contribution in [2.75, 3.05) is 25.2 Å². The number of esters is 1. The molecule has 0 spiro atoms. The zero-order chi connectivity index (χ0) is 21.4. The van der Waals surface area contributed by atoms with Gasteiger partial charge in [-0.05, 0) is 24.7 Å². The number of carbonyl (C=O) groups excluding carboxylic acids is 1. The number of halogens is 2. The van der Waals surface area contributed by atoms with Gasteiger partial charge in [0.25, 0.3) is 0 Å². The first-order chi connectivity index (χ1) is 14.5. The highest BCUT2D eigenvalue weighted by Crippen LogP contribution is 2.37. The van der Waals surface area contributed by atoms with Crippen molar-refractivity contribution >= 4 is 17.7 Å². The Balaban J connectivity index is 1.54. The third-order valence-corrected chi connectivity index (χ3v) is 5.90. The van der Waals surface area contributed by atoms with Gasteiger partial charge < -0.3 is 14.2 Å². The van der Waals surface area contributed by atoms with E-state index in [4.69, 9.17) is 9.47 Å². The number of aromatic nitrogens is 3. The van der Waals surface area contributed by atoms with E-state index in [1.165, 1.54) is 31.9 Å². The first-order valence-corrected chi connectivity index (χ1v) is 10.9. The second-order valence-electron chi connectivity index (χ2n) is 7.03. The minimum Gasteiger partial charge on any atom is -0.469 e. The Kier molecular flexibility index (Phi) is 8.17. The van der Waals surface area contributed by atoms with Crippen molar-refractivity contribution in [1.29, 1.82) is 0 Å². The maximum atomic E-state index is 14.6. The Morgan fingerprint density at radius 2 is 2.23 bits per heavy atom. The summed E-state index contributed by atoms with van der Waals surface area (Å²) in [5.74, 6) is -0.0419. The topological polar surface area (TPSA) is 75.5 Å². The summed E-state index contributed by atoms with van der Waals surface area (Å²) in [7, 11) is 1.39. The molecule has 2 aromatic rings. The molecule has 1 saturated heterocycles. The lowest BCUT2D eigenvalue weighted by molar-refractivity contribution is -0.140. The van der Waals surface area contributed by atoms with Crippen molar-refractivity contribution in [3.05, 3.63) is 48.1 Å². The molecule has 2 atom stereocenters. The summed E-state index contributed by atoms with van der Waals surface area (Å²) >= 11 is 1.67. The molecule has 164 valence electrons. The fourth-order valence-electron chi connectivity index (χ4n) is 3.31. The molecule has 1 aromatic heterocycles. The zero-order valence-electron chi connectivity index (χ0n) is 16.8. The van der Waals surface area contributed by atoms with E-state index in [9.17, 15) is 13.6 Å². The lowest BCUT2D eigenvalue weighted by Crippen LogP contribution is -2.36. The van der Waals surface area contributed by atoms with Gasteiger partial charge in [-0.1, -0.05) is 12.5 Å². The van der Waals surface area contributed by atoms with Crippen molar-refractivity contribution in [3.63, 3.8) is 0 Å². The number of carbonyl (C=O) groups is 1. The van der Waals surface area contributed by atoms with E-state index in [0.29, 0.717) is 12.2 Å². The molecule has 2 heterocycles. The van der Waals surface area contributed by atoms with Crippen LogP contribution >= 0.6 is 11.8 Å². The summed E-state index contributed by atoms with van der Waals surface area (Å²) in [6.45, 7) is 0.323. The second kappa shape index (κ2) is 10.8. The molecule has 0 amide bonds. The predicted molar refractivity (Wildman–Crippen MR) is 107 cm³/mol. The van der Waals surface area contributed by atoms with Gasteiger partial charge in [0.15, 0.2) is 6.29 Å². The molecule has 0 saturated carbocycles. The number of rotatable bonds is 11. The number of nitrogens with zero attached hydrogens (tertiary/aromatic N) is 3. The molecule has 0 N–H and O–H groups in total.